The Kier molecular flexibility index (Phi) is 6.65. The van der Waals surface area contributed by atoms with E-state index in [1.807, 2.05) is 19.1 Å². The van der Waals surface area contributed by atoms with Crippen molar-refractivity contribution in [1.82, 2.24) is 15.6 Å². The van der Waals surface area contributed by atoms with Crippen molar-refractivity contribution in [2.75, 3.05) is 20.2 Å². The Hall–Kier alpha value is -2.60. The second-order valence-electron chi connectivity index (χ2n) is 6.28. The maximum atomic E-state index is 5.29. The molecule has 0 spiro atoms. The molecule has 5 nitrogen and oxygen atoms in total. The van der Waals surface area contributed by atoms with Crippen LogP contribution in [0, 0.1) is 6.92 Å². The van der Waals surface area contributed by atoms with Crippen LogP contribution in [0.25, 0.3) is 10.8 Å². The second kappa shape index (κ2) is 9.37. The van der Waals surface area contributed by atoms with Gasteiger partial charge < -0.3 is 15.4 Å². The van der Waals surface area contributed by atoms with Crippen LogP contribution in [-0.2, 0) is 13.0 Å². The first-order valence-corrected chi connectivity index (χ1v) is 10.1. The number of ether oxygens (including phenoxy) is 1. The molecule has 0 atom stereocenters. The average molecular weight is 383 g/mol. The van der Waals surface area contributed by atoms with Crippen LogP contribution in [0.15, 0.2) is 46.8 Å². The lowest BCUT2D eigenvalue weighted by Gasteiger charge is -2.11. The molecule has 0 aliphatic rings. The summed E-state index contributed by atoms with van der Waals surface area (Å²) < 4.78 is 5.29. The summed E-state index contributed by atoms with van der Waals surface area (Å²) in [4.78, 5) is 9.21. The fourth-order valence-electron chi connectivity index (χ4n) is 2.84. The molecule has 2 N–H and O–H groups in total. The molecule has 0 aliphatic carbocycles. The van der Waals surface area contributed by atoms with Crippen LogP contribution in [-0.4, -0.2) is 31.1 Å². The molecule has 0 unspecified atom stereocenters. The number of thiazole rings is 1. The van der Waals surface area contributed by atoms with E-state index in [0.29, 0.717) is 6.54 Å². The number of aryl methyl sites for hydroxylation is 1. The minimum atomic E-state index is 0.632. The molecule has 2 aromatic carbocycles. The van der Waals surface area contributed by atoms with Crippen LogP contribution in [0.5, 0.6) is 5.75 Å². The third kappa shape index (κ3) is 5.44. The molecule has 0 bridgehead atoms. The molecular weight excluding hydrogens is 356 g/mol. The highest BCUT2D eigenvalue weighted by Gasteiger charge is 2.02. The molecule has 0 amide bonds. The van der Waals surface area contributed by atoms with Gasteiger partial charge in [-0.25, -0.2) is 9.98 Å². The number of aliphatic imine (C=N–C) groups is 1. The van der Waals surface area contributed by atoms with E-state index in [0.717, 1.165) is 41.9 Å². The molecule has 0 saturated heterocycles. The van der Waals surface area contributed by atoms with Gasteiger partial charge in [0.25, 0.3) is 0 Å². The van der Waals surface area contributed by atoms with Gasteiger partial charge in [0.1, 0.15) is 5.75 Å². The average Bonchev–Trinajstić information content (AvgIpc) is 3.10. The number of guanidine groups is 1. The van der Waals surface area contributed by atoms with E-state index >= 15 is 0 Å². The van der Waals surface area contributed by atoms with Crippen LogP contribution in [0.1, 0.15) is 23.2 Å². The van der Waals surface area contributed by atoms with Crippen molar-refractivity contribution in [3.8, 4) is 5.75 Å². The molecular formula is C21H26N4OS. The van der Waals surface area contributed by atoms with E-state index in [-0.39, 0.29) is 0 Å². The van der Waals surface area contributed by atoms with E-state index in [1.165, 1.54) is 16.3 Å². The first kappa shape index (κ1) is 19.2. The number of fused-ring (bicyclic) bond motifs is 1. The van der Waals surface area contributed by atoms with Gasteiger partial charge in [-0.1, -0.05) is 18.2 Å². The molecule has 27 heavy (non-hydrogen) atoms. The van der Waals surface area contributed by atoms with Crippen LogP contribution < -0.4 is 15.4 Å². The number of hydrogen-bond acceptors (Lipinski definition) is 4. The first-order valence-electron chi connectivity index (χ1n) is 9.18. The van der Waals surface area contributed by atoms with Crippen LogP contribution in [0.2, 0.25) is 0 Å². The summed E-state index contributed by atoms with van der Waals surface area (Å²) in [7, 11) is 1.69. The van der Waals surface area contributed by atoms with Gasteiger partial charge in [-0.2, -0.15) is 0 Å². The number of hydrogen-bond donors (Lipinski definition) is 2. The predicted molar refractivity (Wildman–Crippen MR) is 114 cm³/mol. The number of benzene rings is 2. The topological polar surface area (TPSA) is 58.5 Å². The Bertz CT molecular complexity index is 919. The molecule has 0 fully saturated rings. The lowest BCUT2D eigenvalue weighted by atomic mass is 10.1. The fraction of sp³-hybridized carbons (Fsp3) is 0.333. The van der Waals surface area contributed by atoms with E-state index < -0.39 is 0 Å². The molecule has 0 saturated carbocycles. The van der Waals surface area contributed by atoms with E-state index in [9.17, 15) is 0 Å². The largest absolute Gasteiger partial charge is 0.497 e. The molecule has 1 heterocycles. The number of nitrogens with one attached hydrogen (secondary N) is 2. The highest BCUT2D eigenvalue weighted by molar-refractivity contribution is 7.09. The highest BCUT2D eigenvalue weighted by Crippen LogP contribution is 2.22. The van der Waals surface area contributed by atoms with Gasteiger partial charge in [-0.3, -0.25) is 0 Å². The minimum absolute atomic E-state index is 0.632. The summed E-state index contributed by atoms with van der Waals surface area (Å²) in [6.45, 7) is 6.38. The molecule has 1 aromatic heterocycles. The quantitative estimate of drug-likeness (QED) is 0.480. The maximum Gasteiger partial charge on any atom is 0.191 e. The lowest BCUT2D eigenvalue weighted by Crippen LogP contribution is -2.38. The Morgan fingerprint density at radius 1 is 1.15 bits per heavy atom. The van der Waals surface area contributed by atoms with Gasteiger partial charge in [-0.15, -0.1) is 11.3 Å². The first-order chi connectivity index (χ1) is 13.2. The smallest absolute Gasteiger partial charge is 0.191 e. The molecule has 0 radical (unpaired) electrons. The van der Waals surface area contributed by atoms with Crippen LogP contribution >= 0.6 is 11.3 Å². The van der Waals surface area contributed by atoms with Gasteiger partial charge in [0.05, 0.1) is 24.4 Å². The summed E-state index contributed by atoms with van der Waals surface area (Å²) in [6, 6.07) is 12.5. The zero-order chi connectivity index (χ0) is 19.1. The van der Waals surface area contributed by atoms with E-state index in [1.54, 1.807) is 18.4 Å². The van der Waals surface area contributed by atoms with E-state index in [2.05, 4.69) is 52.2 Å². The van der Waals surface area contributed by atoms with Crippen molar-refractivity contribution < 1.29 is 4.74 Å². The lowest BCUT2D eigenvalue weighted by molar-refractivity contribution is 0.415. The number of methoxy groups -OCH3 is 1. The fourth-order valence-corrected chi connectivity index (χ4v) is 3.49. The number of nitrogens with zero attached hydrogens (tertiary/aromatic N) is 2. The zero-order valence-corrected chi connectivity index (χ0v) is 16.9. The normalized spacial score (nSPS) is 11.6. The number of aromatic nitrogens is 1. The summed E-state index contributed by atoms with van der Waals surface area (Å²) >= 11 is 1.69. The van der Waals surface area contributed by atoms with Crippen LogP contribution in [0.4, 0.5) is 0 Å². The van der Waals surface area contributed by atoms with Gasteiger partial charge in [0, 0.05) is 24.9 Å². The Morgan fingerprint density at radius 3 is 2.70 bits per heavy atom. The summed E-state index contributed by atoms with van der Waals surface area (Å²) in [5, 5.41) is 12.3. The molecule has 3 aromatic rings. The Morgan fingerprint density at radius 2 is 1.96 bits per heavy atom. The van der Waals surface area contributed by atoms with E-state index in [4.69, 9.17) is 9.73 Å². The van der Waals surface area contributed by atoms with Crippen molar-refractivity contribution in [3.05, 3.63) is 58.0 Å². The Labute approximate surface area is 164 Å². The predicted octanol–water partition coefficient (Wildman–Crippen LogP) is 3.91. The van der Waals surface area contributed by atoms with Crippen molar-refractivity contribution >= 4 is 28.1 Å². The van der Waals surface area contributed by atoms with Crippen molar-refractivity contribution in [3.63, 3.8) is 0 Å². The van der Waals surface area contributed by atoms with Gasteiger partial charge >= 0.3 is 0 Å². The maximum absolute atomic E-state index is 5.29. The van der Waals surface area contributed by atoms with Crippen molar-refractivity contribution in [2.45, 2.75) is 26.8 Å². The Balaban J connectivity index is 1.62. The van der Waals surface area contributed by atoms with Crippen LogP contribution in [0.3, 0.4) is 0 Å². The third-order valence-corrected chi connectivity index (χ3v) is 5.04. The van der Waals surface area contributed by atoms with Gasteiger partial charge in [0.2, 0.25) is 0 Å². The van der Waals surface area contributed by atoms with Crippen molar-refractivity contribution in [2.24, 2.45) is 4.99 Å². The standard InChI is InChI=1S/C21H26N4OS/c1-4-22-21(23-10-9-19-14-27-15(2)25-19)24-13-16-5-6-18-12-20(26-3)8-7-17(18)11-16/h5-8,11-12,14H,4,9-10,13H2,1-3H3,(H2,22,23,24). The molecule has 3 rings (SSSR count). The number of rotatable bonds is 7. The van der Waals surface area contributed by atoms with Gasteiger partial charge in [-0.05, 0) is 48.4 Å². The molecule has 142 valence electrons. The summed E-state index contributed by atoms with van der Waals surface area (Å²) in [5.74, 6) is 1.71. The SMILES string of the molecule is CCNC(=NCc1ccc2cc(OC)ccc2c1)NCCc1csc(C)n1. The monoisotopic (exact) mass is 382 g/mol. The van der Waals surface area contributed by atoms with Crippen molar-refractivity contribution in [1.29, 1.82) is 0 Å². The minimum Gasteiger partial charge on any atom is -0.497 e. The molecule has 6 heteroatoms. The van der Waals surface area contributed by atoms with Gasteiger partial charge in [0.15, 0.2) is 5.96 Å². The highest BCUT2D eigenvalue weighted by atomic mass is 32.1. The second-order valence-corrected chi connectivity index (χ2v) is 7.34. The summed E-state index contributed by atoms with van der Waals surface area (Å²) in [6.07, 6.45) is 0.895. The summed E-state index contributed by atoms with van der Waals surface area (Å²) in [5.41, 5.74) is 2.31. The molecule has 0 aliphatic heterocycles. The third-order valence-electron chi connectivity index (χ3n) is 4.22. The zero-order valence-electron chi connectivity index (χ0n) is 16.1.